The molecule has 54 heavy (non-hydrogen) atoms. The van der Waals surface area contributed by atoms with E-state index >= 15 is 0 Å². The second-order valence-electron chi connectivity index (χ2n) is 13.9. The second-order valence-corrected chi connectivity index (χ2v) is 13.9. The van der Waals surface area contributed by atoms with Crippen molar-refractivity contribution in [1.82, 2.24) is 9.55 Å². The zero-order chi connectivity index (χ0) is 36.1. The fourth-order valence-electron chi connectivity index (χ4n) is 9.10. The number of pyridine rings is 1. The molecule has 0 unspecified atom stereocenters. The Balaban J connectivity index is 1.15. The van der Waals surface area contributed by atoms with E-state index in [0.29, 0.717) is 40.8 Å². The minimum atomic E-state index is -1.04. The molecule has 8 nitrogen and oxygen atoms in total. The first-order chi connectivity index (χ1) is 26.6. The van der Waals surface area contributed by atoms with E-state index in [-0.39, 0.29) is 0 Å². The summed E-state index contributed by atoms with van der Waals surface area (Å²) in [7, 11) is 2.09. The average molecular weight is 697 g/mol. The number of aromatic nitrogens is 2. The zero-order valence-corrected chi connectivity index (χ0v) is 29.0. The van der Waals surface area contributed by atoms with Crippen LogP contribution in [0.4, 0.5) is 17.1 Å². The molecule has 0 amide bonds. The summed E-state index contributed by atoms with van der Waals surface area (Å²) in [5.74, 6) is 3.37. The van der Waals surface area contributed by atoms with Gasteiger partial charge < -0.3 is 19.3 Å². The van der Waals surface area contributed by atoms with Crippen molar-refractivity contribution in [3.63, 3.8) is 0 Å². The van der Waals surface area contributed by atoms with E-state index < -0.39 is 5.41 Å². The lowest BCUT2D eigenvalue weighted by Gasteiger charge is -2.47. The molecule has 3 aliphatic rings. The molecule has 1 spiro atoms. The smallest absolute Gasteiger partial charge is 0.137 e. The van der Waals surface area contributed by atoms with Crippen molar-refractivity contribution < 1.29 is 9.47 Å². The largest absolute Gasteiger partial charge is 0.457 e. The third-order valence-electron chi connectivity index (χ3n) is 11.1. The Bertz CT molecular complexity index is 2930. The van der Waals surface area contributed by atoms with E-state index in [1.54, 1.807) is 0 Å². The Morgan fingerprint density at radius 1 is 0.667 bits per heavy atom. The lowest BCUT2D eigenvalue weighted by molar-refractivity contribution is 0.432. The van der Waals surface area contributed by atoms with Gasteiger partial charge in [-0.3, -0.25) is 4.57 Å². The van der Waals surface area contributed by atoms with Gasteiger partial charge in [0.2, 0.25) is 0 Å². The van der Waals surface area contributed by atoms with Gasteiger partial charge in [-0.2, -0.15) is 10.5 Å². The first kappa shape index (κ1) is 30.1. The van der Waals surface area contributed by atoms with Crippen LogP contribution in [0.5, 0.6) is 23.0 Å². The van der Waals surface area contributed by atoms with Gasteiger partial charge in [-0.25, -0.2) is 4.98 Å². The normalized spacial score (nSPS) is 14.1. The minimum Gasteiger partial charge on any atom is -0.457 e. The van der Waals surface area contributed by atoms with Crippen LogP contribution in [0, 0.1) is 22.7 Å². The van der Waals surface area contributed by atoms with Gasteiger partial charge in [0.1, 0.15) is 28.8 Å². The summed E-state index contributed by atoms with van der Waals surface area (Å²) < 4.78 is 15.5. The van der Waals surface area contributed by atoms with Gasteiger partial charge in [-0.05, 0) is 77.9 Å². The first-order valence-electron chi connectivity index (χ1n) is 17.7. The highest BCUT2D eigenvalue weighted by Crippen LogP contribution is 2.65. The zero-order valence-electron chi connectivity index (χ0n) is 29.0. The number of nitrogens with zero attached hydrogens (tertiary/aromatic N) is 6. The maximum atomic E-state index is 10.6. The van der Waals surface area contributed by atoms with Crippen LogP contribution < -0.4 is 19.3 Å². The highest BCUT2D eigenvalue weighted by Gasteiger charge is 2.55. The number of para-hydroxylation sites is 2. The van der Waals surface area contributed by atoms with Crippen LogP contribution in [0.3, 0.4) is 0 Å². The van der Waals surface area contributed by atoms with E-state index in [4.69, 9.17) is 14.5 Å². The SMILES string of the molecule is CN1CN2c3cc(Oc4ccc5c6ccccc6n(-c6ccccn6)c5c4)ccc3C3(c4cccc1c42)c1c(C#N)cccc1Oc1cccc(C#N)c13. The Morgan fingerprint density at radius 3 is 2.13 bits per heavy atom. The van der Waals surface area contributed by atoms with Gasteiger partial charge in [0, 0.05) is 47.3 Å². The number of rotatable bonds is 3. The number of fused-ring (bicyclic) bond motifs is 11. The maximum Gasteiger partial charge on any atom is 0.137 e. The van der Waals surface area contributed by atoms with Crippen molar-refractivity contribution in [2.45, 2.75) is 5.41 Å². The molecule has 0 bridgehead atoms. The van der Waals surface area contributed by atoms with Gasteiger partial charge in [-0.1, -0.05) is 54.6 Å². The van der Waals surface area contributed by atoms with Crippen molar-refractivity contribution in [1.29, 1.82) is 10.5 Å². The molecule has 254 valence electrons. The molecule has 0 aliphatic carbocycles. The topological polar surface area (TPSA) is 90.3 Å². The second kappa shape index (κ2) is 11.0. The number of anilines is 3. The minimum absolute atomic E-state index is 0.492. The Morgan fingerprint density at radius 2 is 1.37 bits per heavy atom. The van der Waals surface area contributed by atoms with Crippen LogP contribution in [0.2, 0.25) is 0 Å². The number of nitriles is 2. The summed E-state index contributed by atoms with van der Waals surface area (Å²) in [6.07, 6.45) is 1.81. The molecule has 8 heteroatoms. The standard InChI is InChI=1S/C46H28N6O2/c1-50-27-51-39-24-31(53-30-18-20-33-32-11-2-3-13-36(32)52(38(33)23-30)42-17-4-5-22-49-42)19-21-34(39)46(35-12-8-14-37(50)45(35)51)43-28(25-47)9-6-15-40(43)54-41-16-7-10-29(26-48)44(41)46/h2-24H,27H2,1H3. The van der Waals surface area contributed by atoms with Crippen LogP contribution in [0.1, 0.15) is 33.4 Å². The molecule has 6 aromatic carbocycles. The van der Waals surface area contributed by atoms with E-state index in [0.717, 1.165) is 66.9 Å². The quantitative estimate of drug-likeness (QED) is 0.182. The highest BCUT2D eigenvalue weighted by atomic mass is 16.5. The Hall–Kier alpha value is -7.55. The fourth-order valence-corrected chi connectivity index (χ4v) is 9.10. The van der Waals surface area contributed by atoms with Crippen molar-refractivity contribution in [3.8, 4) is 41.0 Å². The van der Waals surface area contributed by atoms with Crippen molar-refractivity contribution in [3.05, 3.63) is 173 Å². The molecule has 2 aromatic heterocycles. The van der Waals surface area contributed by atoms with E-state index in [2.05, 4.69) is 94.2 Å². The Labute approximate surface area is 310 Å². The summed E-state index contributed by atoms with van der Waals surface area (Å²) in [5.41, 5.74) is 8.43. The van der Waals surface area contributed by atoms with Gasteiger partial charge >= 0.3 is 0 Å². The fraction of sp³-hybridized carbons (Fsp3) is 0.0652. The van der Waals surface area contributed by atoms with E-state index in [1.165, 1.54) is 0 Å². The van der Waals surface area contributed by atoms with Crippen molar-refractivity contribution in [2.75, 3.05) is 23.5 Å². The van der Waals surface area contributed by atoms with Gasteiger partial charge in [0.15, 0.2) is 0 Å². The monoisotopic (exact) mass is 696 g/mol. The van der Waals surface area contributed by atoms with Crippen LogP contribution >= 0.6 is 0 Å². The van der Waals surface area contributed by atoms with Gasteiger partial charge in [0.25, 0.3) is 0 Å². The molecule has 3 aliphatic heterocycles. The molecule has 0 atom stereocenters. The van der Waals surface area contributed by atoms with Crippen molar-refractivity contribution in [2.24, 2.45) is 0 Å². The molecule has 8 aromatic rings. The summed E-state index contributed by atoms with van der Waals surface area (Å²) in [4.78, 5) is 9.24. The van der Waals surface area contributed by atoms with Crippen LogP contribution in [-0.2, 0) is 5.41 Å². The predicted octanol–water partition coefficient (Wildman–Crippen LogP) is 10.1. The molecule has 5 heterocycles. The average Bonchev–Trinajstić information content (AvgIpc) is 3.74. The van der Waals surface area contributed by atoms with Crippen molar-refractivity contribution >= 4 is 38.9 Å². The molecule has 0 fully saturated rings. The van der Waals surface area contributed by atoms with E-state index in [9.17, 15) is 10.5 Å². The molecule has 0 N–H and O–H groups in total. The third-order valence-corrected chi connectivity index (χ3v) is 11.1. The molecule has 0 saturated carbocycles. The Kier molecular flexibility index (Phi) is 6.12. The van der Waals surface area contributed by atoms with Gasteiger partial charge in [-0.15, -0.1) is 0 Å². The molecule has 0 radical (unpaired) electrons. The number of benzene rings is 6. The number of hydrogen-bond donors (Lipinski definition) is 0. The lowest BCUT2D eigenvalue weighted by atomic mass is 9.59. The number of hydrogen-bond acceptors (Lipinski definition) is 7. The summed E-state index contributed by atoms with van der Waals surface area (Å²) in [6.45, 7) is 0.616. The molecular weight excluding hydrogens is 669 g/mol. The molecular formula is C46H28N6O2. The maximum absolute atomic E-state index is 10.6. The molecule has 11 rings (SSSR count). The van der Waals surface area contributed by atoms with Crippen LogP contribution in [-0.4, -0.2) is 23.3 Å². The summed E-state index contributed by atoms with van der Waals surface area (Å²) >= 11 is 0. The van der Waals surface area contributed by atoms with Gasteiger partial charge in [0.05, 0.1) is 63.4 Å². The van der Waals surface area contributed by atoms with Crippen LogP contribution in [0.15, 0.2) is 140 Å². The van der Waals surface area contributed by atoms with Crippen LogP contribution in [0.25, 0.3) is 27.6 Å². The lowest BCUT2D eigenvalue weighted by Crippen LogP contribution is -2.41. The summed E-state index contributed by atoms with van der Waals surface area (Å²) in [6, 6.07) is 49.2. The highest BCUT2D eigenvalue weighted by molar-refractivity contribution is 6.09. The van der Waals surface area contributed by atoms with E-state index in [1.807, 2.05) is 79.0 Å². The summed E-state index contributed by atoms with van der Waals surface area (Å²) in [5, 5.41) is 23.5. The predicted molar refractivity (Wildman–Crippen MR) is 208 cm³/mol. The third kappa shape index (κ3) is 3.86. The molecule has 0 saturated heterocycles. The number of ether oxygens (including phenoxy) is 2. The first-order valence-corrected chi connectivity index (χ1v) is 17.7.